The normalized spacial score (nSPS) is 10.3. The summed E-state index contributed by atoms with van der Waals surface area (Å²) in [5.74, 6) is -0.870. The Balaban J connectivity index is 2.19. The minimum Gasteiger partial charge on any atom is -0.396 e. The molecule has 0 atom stereocenters. The maximum absolute atomic E-state index is 13.0. The Hall–Kier alpha value is -2.37. The Morgan fingerprint density at radius 1 is 1.56 bits per heavy atom. The first-order valence-corrected chi connectivity index (χ1v) is 5.50. The number of aromatic nitrogens is 2. The minimum atomic E-state index is -0.453. The second-order valence-corrected chi connectivity index (χ2v) is 3.75. The highest BCUT2D eigenvalue weighted by molar-refractivity contribution is 6.06. The van der Waals surface area contributed by atoms with Crippen LogP contribution in [0.1, 0.15) is 17.4 Å². The Labute approximate surface area is 103 Å². The van der Waals surface area contributed by atoms with Crippen molar-refractivity contribution in [3.8, 4) is 0 Å². The van der Waals surface area contributed by atoms with E-state index in [1.165, 1.54) is 18.2 Å². The molecule has 0 bridgehead atoms. The quantitative estimate of drug-likeness (QED) is 0.871. The molecule has 1 heterocycles. The van der Waals surface area contributed by atoms with Crippen LogP contribution in [0.5, 0.6) is 0 Å². The lowest BCUT2D eigenvalue weighted by Crippen LogP contribution is -2.14. The highest BCUT2D eigenvalue weighted by Crippen LogP contribution is 2.14. The molecular formula is C12H13FN4O. The monoisotopic (exact) mass is 248 g/mol. The highest BCUT2D eigenvalue weighted by Gasteiger charge is 2.14. The van der Waals surface area contributed by atoms with Gasteiger partial charge in [0.05, 0.1) is 5.69 Å². The lowest BCUT2D eigenvalue weighted by Gasteiger charge is -2.03. The van der Waals surface area contributed by atoms with E-state index >= 15 is 0 Å². The number of benzene rings is 1. The molecule has 0 aliphatic rings. The molecule has 1 aromatic heterocycles. The Morgan fingerprint density at radius 2 is 2.33 bits per heavy atom. The van der Waals surface area contributed by atoms with Crippen molar-refractivity contribution < 1.29 is 9.18 Å². The highest BCUT2D eigenvalue weighted by atomic mass is 19.1. The van der Waals surface area contributed by atoms with Crippen molar-refractivity contribution in [1.29, 1.82) is 0 Å². The van der Waals surface area contributed by atoms with Gasteiger partial charge >= 0.3 is 0 Å². The molecule has 3 N–H and O–H groups in total. The van der Waals surface area contributed by atoms with Gasteiger partial charge in [-0.1, -0.05) is 6.07 Å². The van der Waals surface area contributed by atoms with E-state index in [4.69, 9.17) is 5.73 Å². The van der Waals surface area contributed by atoms with Gasteiger partial charge in [-0.25, -0.2) is 4.39 Å². The van der Waals surface area contributed by atoms with Crippen LogP contribution in [0.15, 0.2) is 30.5 Å². The van der Waals surface area contributed by atoms with Gasteiger partial charge in [0.2, 0.25) is 0 Å². The van der Waals surface area contributed by atoms with Crippen LogP contribution in [0.2, 0.25) is 0 Å². The van der Waals surface area contributed by atoms with Gasteiger partial charge in [-0.15, -0.1) is 0 Å². The first-order valence-electron chi connectivity index (χ1n) is 5.50. The Kier molecular flexibility index (Phi) is 3.27. The van der Waals surface area contributed by atoms with E-state index in [0.717, 1.165) is 0 Å². The Bertz CT molecular complexity index is 579. The van der Waals surface area contributed by atoms with Crippen molar-refractivity contribution in [3.05, 3.63) is 42.0 Å². The third kappa shape index (κ3) is 2.48. The van der Waals surface area contributed by atoms with E-state index in [2.05, 4.69) is 10.4 Å². The average Bonchev–Trinajstić information content (AvgIpc) is 2.70. The number of nitrogen functional groups attached to an aromatic ring is 1. The molecule has 0 saturated carbocycles. The number of nitrogens with two attached hydrogens (primary N) is 1. The second-order valence-electron chi connectivity index (χ2n) is 3.75. The fourth-order valence-electron chi connectivity index (χ4n) is 1.53. The summed E-state index contributed by atoms with van der Waals surface area (Å²) in [5, 5.41) is 6.58. The number of nitrogens with one attached hydrogen (secondary N) is 1. The van der Waals surface area contributed by atoms with Gasteiger partial charge in [-0.3, -0.25) is 9.48 Å². The predicted octanol–water partition coefficient (Wildman–Crippen LogP) is 1.88. The number of hydrogen-bond donors (Lipinski definition) is 2. The summed E-state index contributed by atoms with van der Waals surface area (Å²) in [6.45, 7) is 2.51. The number of nitrogens with zero attached hydrogens (tertiary/aromatic N) is 2. The van der Waals surface area contributed by atoms with E-state index in [-0.39, 0.29) is 5.69 Å². The molecule has 6 heteroatoms. The number of carbonyl (C=O) groups excluding carboxylic acids is 1. The minimum absolute atomic E-state index is 0.140. The standard InChI is InChI=1S/C12H13FN4O/c1-2-17-7-10(14)11(16-17)12(18)15-9-5-3-4-8(13)6-9/h3-7H,2,14H2,1H3,(H,15,18). The SMILES string of the molecule is CCn1cc(N)c(C(=O)Nc2cccc(F)c2)n1. The lowest BCUT2D eigenvalue weighted by molar-refractivity contribution is 0.102. The maximum atomic E-state index is 13.0. The van der Waals surface area contributed by atoms with Gasteiger partial charge in [0.1, 0.15) is 5.82 Å². The van der Waals surface area contributed by atoms with Crippen molar-refractivity contribution >= 4 is 17.3 Å². The number of carbonyl (C=O) groups is 1. The number of hydrogen-bond acceptors (Lipinski definition) is 3. The van der Waals surface area contributed by atoms with Crippen LogP contribution in [-0.4, -0.2) is 15.7 Å². The number of rotatable bonds is 3. The summed E-state index contributed by atoms with van der Waals surface area (Å²) in [6.07, 6.45) is 1.58. The third-order valence-corrected chi connectivity index (χ3v) is 2.41. The molecule has 5 nitrogen and oxygen atoms in total. The lowest BCUT2D eigenvalue weighted by atomic mass is 10.3. The first kappa shape index (κ1) is 12.1. The fraction of sp³-hybridized carbons (Fsp3) is 0.167. The molecule has 0 spiro atoms. The smallest absolute Gasteiger partial charge is 0.278 e. The summed E-state index contributed by atoms with van der Waals surface area (Å²) >= 11 is 0. The predicted molar refractivity (Wildman–Crippen MR) is 66.7 cm³/mol. The second kappa shape index (κ2) is 4.87. The van der Waals surface area contributed by atoms with E-state index in [1.807, 2.05) is 6.92 Å². The molecule has 94 valence electrons. The summed E-state index contributed by atoms with van der Waals surface area (Å²) < 4.78 is 14.5. The zero-order valence-electron chi connectivity index (χ0n) is 9.85. The number of anilines is 2. The molecule has 0 aliphatic heterocycles. The van der Waals surface area contributed by atoms with Crippen LogP contribution in [0.4, 0.5) is 15.8 Å². The largest absolute Gasteiger partial charge is 0.396 e. The fourth-order valence-corrected chi connectivity index (χ4v) is 1.53. The summed E-state index contributed by atoms with van der Waals surface area (Å²) in [4.78, 5) is 11.9. The van der Waals surface area contributed by atoms with Crippen molar-refractivity contribution in [2.45, 2.75) is 13.5 Å². The van der Waals surface area contributed by atoms with Crippen LogP contribution in [0, 0.1) is 5.82 Å². The average molecular weight is 248 g/mol. The molecule has 2 aromatic rings. The molecule has 0 unspecified atom stereocenters. The molecule has 0 radical (unpaired) electrons. The van der Waals surface area contributed by atoms with Crippen molar-refractivity contribution in [2.75, 3.05) is 11.1 Å². The maximum Gasteiger partial charge on any atom is 0.278 e. The van der Waals surface area contributed by atoms with E-state index in [9.17, 15) is 9.18 Å². The third-order valence-electron chi connectivity index (χ3n) is 2.41. The summed E-state index contributed by atoms with van der Waals surface area (Å²) in [6, 6.07) is 5.63. The van der Waals surface area contributed by atoms with Crippen LogP contribution < -0.4 is 11.1 Å². The summed E-state index contributed by atoms with van der Waals surface area (Å²) in [7, 11) is 0. The van der Waals surface area contributed by atoms with E-state index < -0.39 is 11.7 Å². The van der Waals surface area contributed by atoms with Crippen LogP contribution in [0.25, 0.3) is 0 Å². The van der Waals surface area contributed by atoms with Gasteiger partial charge < -0.3 is 11.1 Å². The Morgan fingerprint density at radius 3 is 2.94 bits per heavy atom. The van der Waals surface area contributed by atoms with Crippen LogP contribution in [0.3, 0.4) is 0 Å². The molecule has 0 fully saturated rings. The molecule has 18 heavy (non-hydrogen) atoms. The van der Waals surface area contributed by atoms with Gasteiger partial charge in [0.15, 0.2) is 5.69 Å². The molecular weight excluding hydrogens is 235 g/mol. The zero-order valence-corrected chi connectivity index (χ0v) is 9.85. The van der Waals surface area contributed by atoms with Crippen LogP contribution >= 0.6 is 0 Å². The molecule has 1 aromatic carbocycles. The van der Waals surface area contributed by atoms with Crippen LogP contribution in [-0.2, 0) is 6.54 Å². The number of aryl methyl sites for hydroxylation is 1. The van der Waals surface area contributed by atoms with Gasteiger partial charge in [-0.05, 0) is 25.1 Å². The van der Waals surface area contributed by atoms with Gasteiger partial charge in [-0.2, -0.15) is 5.10 Å². The topological polar surface area (TPSA) is 72.9 Å². The van der Waals surface area contributed by atoms with E-state index in [0.29, 0.717) is 17.9 Å². The van der Waals surface area contributed by atoms with Crippen molar-refractivity contribution in [1.82, 2.24) is 9.78 Å². The zero-order chi connectivity index (χ0) is 13.1. The first-order chi connectivity index (χ1) is 8.60. The molecule has 0 saturated heterocycles. The van der Waals surface area contributed by atoms with Crippen molar-refractivity contribution in [3.63, 3.8) is 0 Å². The van der Waals surface area contributed by atoms with E-state index in [1.54, 1.807) is 16.9 Å². The number of amides is 1. The molecule has 0 aliphatic carbocycles. The van der Waals surface area contributed by atoms with Gasteiger partial charge in [0.25, 0.3) is 5.91 Å². The number of halogens is 1. The van der Waals surface area contributed by atoms with Crippen molar-refractivity contribution in [2.24, 2.45) is 0 Å². The van der Waals surface area contributed by atoms with Gasteiger partial charge in [0, 0.05) is 18.4 Å². The summed E-state index contributed by atoms with van der Waals surface area (Å²) in [5.41, 5.74) is 6.49. The molecule has 1 amide bonds. The molecule has 2 rings (SSSR count).